The van der Waals surface area contributed by atoms with Crippen LogP contribution in [-0.4, -0.2) is 36.3 Å². The molecule has 1 atom stereocenters. The summed E-state index contributed by atoms with van der Waals surface area (Å²) in [6, 6.07) is 8.08. The largest absolute Gasteiger partial charge is 0.369 e. The molecule has 5 nitrogen and oxygen atoms in total. The van der Waals surface area contributed by atoms with Crippen molar-refractivity contribution < 1.29 is 9.59 Å². The van der Waals surface area contributed by atoms with Crippen LogP contribution in [0.15, 0.2) is 24.3 Å². The number of hydrogen-bond donors (Lipinski definition) is 2. The van der Waals surface area contributed by atoms with Crippen LogP contribution in [0.3, 0.4) is 0 Å². The van der Waals surface area contributed by atoms with Crippen LogP contribution in [0.5, 0.6) is 0 Å². The van der Waals surface area contributed by atoms with Crippen molar-refractivity contribution in [3.8, 4) is 0 Å². The van der Waals surface area contributed by atoms with E-state index in [1.165, 1.54) is 5.56 Å². The third-order valence-electron chi connectivity index (χ3n) is 4.99. The van der Waals surface area contributed by atoms with Gasteiger partial charge in [0.15, 0.2) is 0 Å². The second kappa shape index (κ2) is 8.83. The van der Waals surface area contributed by atoms with E-state index >= 15 is 0 Å². The molecular formula is C19H29N3O2. The van der Waals surface area contributed by atoms with Crippen LogP contribution in [0, 0.1) is 11.8 Å². The Labute approximate surface area is 144 Å². The van der Waals surface area contributed by atoms with Crippen LogP contribution in [0.25, 0.3) is 0 Å². The molecule has 1 aliphatic rings. The molecule has 0 radical (unpaired) electrons. The minimum atomic E-state index is -0.162. The number of benzene rings is 1. The predicted molar refractivity (Wildman–Crippen MR) is 96.6 cm³/mol. The third kappa shape index (κ3) is 5.34. The summed E-state index contributed by atoms with van der Waals surface area (Å²) >= 11 is 0. The molecule has 5 heteroatoms. The van der Waals surface area contributed by atoms with Crippen molar-refractivity contribution >= 4 is 17.5 Å². The van der Waals surface area contributed by atoms with Crippen molar-refractivity contribution in [3.05, 3.63) is 29.8 Å². The van der Waals surface area contributed by atoms with E-state index in [4.69, 9.17) is 5.73 Å². The Bertz CT molecular complexity index is 548. The van der Waals surface area contributed by atoms with Gasteiger partial charge in [0, 0.05) is 24.1 Å². The van der Waals surface area contributed by atoms with Gasteiger partial charge in [0.2, 0.25) is 11.8 Å². The summed E-state index contributed by atoms with van der Waals surface area (Å²) in [5.41, 5.74) is 7.48. The van der Waals surface area contributed by atoms with Crippen molar-refractivity contribution in [1.29, 1.82) is 0 Å². The monoisotopic (exact) mass is 331 g/mol. The van der Waals surface area contributed by atoms with E-state index < -0.39 is 0 Å². The average Bonchev–Trinajstić information content (AvgIpc) is 2.60. The third-order valence-corrected chi connectivity index (χ3v) is 4.99. The number of nitrogens with zero attached hydrogens (tertiary/aromatic N) is 1. The van der Waals surface area contributed by atoms with Crippen LogP contribution in [0.1, 0.15) is 38.7 Å². The van der Waals surface area contributed by atoms with Crippen LogP contribution >= 0.6 is 0 Å². The van der Waals surface area contributed by atoms with Gasteiger partial charge in [0.05, 0.1) is 0 Å². The first kappa shape index (κ1) is 18.5. The van der Waals surface area contributed by atoms with Gasteiger partial charge in [-0.1, -0.05) is 26.0 Å². The SMILES string of the molecule is CC[C@H](C)C(=O)Nc1ccc(CCN2CCC(C(N)=O)CC2)cc1. The molecule has 1 aliphatic heterocycles. The number of anilines is 1. The molecule has 0 spiro atoms. The van der Waals surface area contributed by atoms with E-state index in [2.05, 4.69) is 22.3 Å². The number of piperidine rings is 1. The highest BCUT2D eigenvalue weighted by Gasteiger charge is 2.22. The summed E-state index contributed by atoms with van der Waals surface area (Å²) in [6.45, 7) is 6.82. The average molecular weight is 331 g/mol. The first-order valence-electron chi connectivity index (χ1n) is 8.91. The maximum absolute atomic E-state index is 11.9. The van der Waals surface area contributed by atoms with Crippen molar-refractivity contribution in [1.82, 2.24) is 4.90 Å². The predicted octanol–water partition coefficient (Wildman–Crippen LogP) is 2.41. The normalized spacial score (nSPS) is 17.4. The van der Waals surface area contributed by atoms with Gasteiger partial charge < -0.3 is 16.0 Å². The van der Waals surface area contributed by atoms with Gasteiger partial charge in [-0.25, -0.2) is 0 Å². The van der Waals surface area contributed by atoms with E-state index in [9.17, 15) is 9.59 Å². The van der Waals surface area contributed by atoms with Gasteiger partial charge in [0.1, 0.15) is 0 Å². The van der Waals surface area contributed by atoms with Crippen molar-refractivity contribution in [2.45, 2.75) is 39.5 Å². The van der Waals surface area contributed by atoms with Crippen molar-refractivity contribution in [3.63, 3.8) is 0 Å². The molecule has 1 aromatic carbocycles. The van der Waals surface area contributed by atoms with E-state index in [0.717, 1.165) is 51.0 Å². The molecular weight excluding hydrogens is 302 g/mol. The Balaban J connectivity index is 1.76. The summed E-state index contributed by atoms with van der Waals surface area (Å²) in [7, 11) is 0. The molecule has 2 rings (SSSR count). The van der Waals surface area contributed by atoms with Crippen LogP contribution in [-0.2, 0) is 16.0 Å². The molecule has 2 amide bonds. The highest BCUT2D eigenvalue weighted by molar-refractivity contribution is 5.92. The highest BCUT2D eigenvalue weighted by Crippen LogP contribution is 2.17. The molecule has 24 heavy (non-hydrogen) atoms. The highest BCUT2D eigenvalue weighted by atomic mass is 16.2. The summed E-state index contributed by atoms with van der Waals surface area (Å²) < 4.78 is 0. The zero-order valence-corrected chi connectivity index (χ0v) is 14.8. The second-order valence-electron chi connectivity index (χ2n) is 6.76. The van der Waals surface area contributed by atoms with Gasteiger partial charge in [-0.2, -0.15) is 0 Å². The smallest absolute Gasteiger partial charge is 0.227 e. The van der Waals surface area contributed by atoms with Crippen molar-refractivity contribution in [2.24, 2.45) is 17.6 Å². The number of rotatable bonds is 7. The summed E-state index contributed by atoms with van der Waals surface area (Å²) in [4.78, 5) is 25.5. The standard InChI is InChI=1S/C19H29N3O2/c1-3-14(2)19(24)21-17-6-4-15(5-7-17)8-11-22-12-9-16(10-13-22)18(20)23/h4-7,14,16H,3,8-13H2,1-2H3,(H2,20,23)(H,21,24)/t14-/m0/s1. The number of nitrogens with two attached hydrogens (primary N) is 1. The first-order valence-corrected chi connectivity index (χ1v) is 8.91. The molecule has 0 aliphatic carbocycles. The molecule has 3 N–H and O–H groups in total. The fourth-order valence-electron chi connectivity index (χ4n) is 2.93. The maximum Gasteiger partial charge on any atom is 0.227 e. The van der Waals surface area contributed by atoms with Gasteiger partial charge in [-0.05, 0) is 56.5 Å². The number of primary amides is 1. The number of nitrogens with one attached hydrogen (secondary N) is 1. The Morgan fingerprint density at radius 2 is 1.88 bits per heavy atom. The zero-order chi connectivity index (χ0) is 17.5. The second-order valence-corrected chi connectivity index (χ2v) is 6.76. The quantitative estimate of drug-likeness (QED) is 0.805. The zero-order valence-electron chi connectivity index (χ0n) is 14.8. The number of amides is 2. The lowest BCUT2D eigenvalue weighted by Gasteiger charge is -2.30. The molecule has 1 fully saturated rings. The number of carbonyl (C=O) groups excluding carboxylic acids is 2. The van der Waals surface area contributed by atoms with Crippen LogP contribution in [0.4, 0.5) is 5.69 Å². The number of hydrogen-bond acceptors (Lipinski definition) is 3. The minimum absolute atomic E-state index is 0.0352. The summed E-state index contributed by atoms with van der Waals surface area (Å²) in [5, 5.41) is 2.95. The van der Waals surface area contributed by atoms with Gasteiger partial charge >= 0.3 is 0 Å². The Morgan fingerprint density at radius 3 is 2.42 bits per heavy atom. The number of likely N-dealkylation sites (tertiary alicyclic amines) is 1. The van der Waals surface area contributed by atoms with Crippen LogP contribution < -0.4 is 11.1 Å². The Hall–Kier alpha value is -1.88. The molecule has 0 bridgehead atoms. The lowest BCUT2D eigenvalue weighted by atomic mass is 9.96. The molecule has 132 valence electrons. The van der Waals surface area contributed by atoms with Gasteiger partial charge in [-0.3, -0.25) is 9.59 Å². The molecule has 1 heterocycles. The maximum atomic E-state index is 11.9. The Kier molecular flexibility index (Phi) is 6.79. The van der Waals surface area contributed by atoms with E-state index in [-0.39, 0.29) is 23.7 Å². The Morgan fingerprint density at radius 1 is 1.25 bits per heavy atom. The summed E-state index contributed by atoms with van der Waals surface area (Å²) in [6.07, 6.45) is 3.56. The molecule has 1 aromatic rings. The minimum Gasteiger partial charge on any atom is -0.369 e. The van der Waals surface area contributed by atoms with E-state index in [0.29, 0.717) is 0 Å². The molecule has 1 saturated heterocycles. The van der Waals surface area contributed by atoms with Gasteiger partial charge in [-0.15, -0.1) is 0 Å². The lowest BCUT2D eigenvalue weighted by molar-refractivity contribution is -0.123. The molecule has 0 saturated carbocycles. The fraction of sp³-hybridized carbons (Fsp3) is 0.579. The molecule has 0 aromatic heterocycles. The first-order chi connectivity index (χ1) is 11.5. The fourth-order valence-corrected chi connectivity index (χ4v) is 2.93. The van der Waals surface area contributed by atoms with Crippen molar-refractivity contribution in [2.75, 3.05) is 25.0 Å². The van der Waals surface area contributed by atoms with E-state index in [1.807, 2.05) is 26.0 Å². The molecule has 0 unspecified atom stereocenters. The lowest BCUT2D eigenvalue weighted by Crippen LogP contribution is -2.39. The topological polar surface area (TPSA) is 75.4 Å². The van der Waals surface area contributed by atoms with Crippen LogP contribution in [0.2, 0.25) is 0 Å². The van der Waals surface area contributed by atoms with E-state index in [1.54, 1.807) is 0 Å². The van der Waals surface area contributed by atoms with Gasteiger partial charge in [0.25, 0.3) is 0 Å². The number of carbonyl (C=O) groups is 2. The summed E-state index contributed by atoms with van der Waals surface area (Å²) in [5.74, 6) is -0.00471.